The SMILES string of the molecule is CC(=O)c1ccc(NC(=O)N(Cc2ccccc2)CC(C)(C)O)cc1. The molecule has 0 saturated carbocycles. The zero-order valence-electron chi connectivity index (χ0n) is 14.8. The molecule has 0 aliphatic rings. The summed E-state index contributed by atoms with van der Waals surface area (Å²) in [6.07, 6.45) is 0. The summed E-state index contributed by atoms with van der Waals surface area (Å²) in [4.78, 5) is 25.5. The Morgan fingerprint density at radius 3 is 2.16 bits per heavy atom. The molecule has 0 bridgehead atoms. The summed E-state index contributed by atoms with van der Waals surface area (Å²) in [7, 11) is 0. The van der Waals surface area contributed by atoms with Gasteiger partial charge in [0.1, 0.15) is 0 Å². The molecule has 2 N–H and O–H groups in total. The van der Waals surface area contributed by atoms with E-state index in [4.69, 9.17) is 0 Å². The fourth-order valence-corrected chi connectivity index (χ4v) is 2.46. The van der Waals surface area contributed by atoms with Crippen molar-refractivity contribution in [1.29, 1.82) is 0 Å². The van der Waals surface area contributed by atoms with Gasteiger partial charge in [-0.2, -0.15) is 0 Å². The number of nitrogens with one attached hydrogen (secondary N) is 1. The van der Waals surface area contributed by atoms with E-state index >= 15 is 0 Å². The third kappa shape index (κ3) is 6.04. The van der Waals surface area contributed by atoms with Gasteiger partial charge in [-0.05, 0) is 50.6 Å². The van der Waals surface area contributed by atoms with Crippen LogP contribution in [0.25, 0.3) is 0 Å². The molecule has 0 radical (unpaired) electrons. The number of hydrogen-bond donors (Lipinski definition) is 2. The molecule has 132 valence electrons. The zero-order chi connectivity index (χ0) is 18.4. The Hall–Kier alpha value is -2.66. The average molecular weight is 340 g/mol. The Morgan fingerprint density at radius 1 is 1.04 bits per heavy atom. The first-order chi connectivity index (χ1) is 11.7. The second-order valence-electron chi connectivity index (χ2n) is 6.72. The van der Waals surface area contributed by atoms with Crippen molar-refractivity contribution in [2.75, 3.05) is 11.9 Å². The van der Waals surface area contributed by atoms with Gasteiger partial charge in [-0.1, -0.05) is 30.3 Å². The van der Waals surface area contributed by atoms with Crippen molar-refractivity contribution < 1.29 is 14.7 Å². The van der Waals surface area contributed by atoms with Gasteiger partial charge in [0, 0.05) is 17.8 Å². The molecule has 2 aromatic rings. The largest absolute Gasteiger partial charge is 0.389 e. The lowest BCUT2D eigenvalue weighted by molar-refractivity contribution is 0.0469. The van der Waals surface area contributed by atoms with Crippen LogP contribution in [0.15, 0.2) is 54.6 Å². The van der Waals surface area contributed by atoms with Crippen LogP contribution < -0.4 is 5.32 Å². The minimum atomic E-state index is -1.01. The van der Waals surface area contributed by atoms with Gasteiger partial charge < -0.3 is 15.3 Å². The van der Waals surface area contributed by atoms with Gasteiger partial charge in [-0.3, -0.25) is 4.79 Å². The first-order valence-corrected chi connectivity index (χ1v) is 8.18. The molecular weight excluding hydrogens is 316 g/mol. The quantitative estimate of drug-likeness (QED) is 0.788. The molecule has 0 heterocycles. The van der Waals surface area contributed by atoms with E-state index in [-0.39, 0.29) is 18.4 Å². The van der Waals surface area contributed by atoms with Crippen LogP contribution >= 0.6 is 0 Å². The summed E-state index contributed by atoms with van der Waals surface area (Å²) in [6.45, 7) is 5.42. The number of carbonyl (C=O) groups excluding carboxylic acids is 2. The molecule has 2 aromatic carbocycles. The van der Waals surface area contributed by atoms with E-state index in [0.717, 1.165) is 5.56 Å². The van der Waals surface area contributed by atoms with Crippen molar-refractivity contribution in [3.63, 3.8) is 0 Å². The Bertz CT molecular complexity index is 719. The third-order valence-corrected chi connectivity index (χ3v) is 3.62. The monoisotopic (exact) mass is 340 g/mol. The molecule has 0 fully saturated rings. The lowest BCUT2D eigenvalue weighted by Gasteiger charge is -2.29. The predicted molar refractivity (Wildman–Crippen MR) is 98.6 cm³/mol. The topological polar surface area (TPSA) is 69.6 Å². The number of amides is 2. The van der Waals surface area contributed by atoms with Crippen molar-refractivity contribution in [1.82, 2.24) is 4.90 Å². The van der Waals surface area contributed by atoms with Crippen molar-refractivity contribution in [3.05, 3.63) is 65.7 Å². The van der Waals surface area contributed by atoms with Gasteiger partial charge >= 0.3 is 6.03 Å². The Kier molecular flexibility index (Phi) is 5.93. The maximum Gasteiger partial charge on any atom is 0.322 e. The zero-order valence-corrected chi connectivity index (χ0v) is 14.8. The maximum atomic E-state index is 12.7. The predicted octanol–water partition coefficient (Wildman–Crippen LogP) is 3.69. The standard InChI is InChI=1S/C20H24N2O3/c1-15(23)17-9-11-18(12-10-17)21-19(24)22(14-20(2,3)25)13-16-7-5-4-6-8-16/h4-12,25H,13-14H2,1-3H3,(H,21,24). The number of carbonyl (C=O) groups is 2. The number of benzene rings is 2. The van der Waals surface area contributed by atoms with E-state index in [9.17, 15) is 14.7 Å². The summed E-state index contributed by atoms with van der Waals surface area (Å²) in [5, 5.41) is 12.9. The molecule has 0 aliphatic carbocycles. The summed E-state index contributed by atoms with van der Waals surface area (Å²) < 4.78 is 0. The number of rotatable bonds is 6. The number of aliphatic hydroxyl groups is 1. The molecular formula is C20H24N2O3. The fourth-order valence-electron chi connectivity index (χ4n) is 2.46. The molecule has 0 saturated heterocycles. The van der Waals surface area contributed by atoms with Crippen LogP contribution in [0.3, 0.4) is 0 Å². The molecule has 2 amide bonds. The lowest BCUT2D eigenvalue weighted by Crippen LogP contribution is -2.43. The highest BCUT2D eigenvalue weighted by Gasteiger charge is 2.23. The van der Waals surface area contributed by atoms with Crippen molar-refractivity contribution in [2.24, 2.45) is 0 Å². The van der Waals surface area contributed by atoms with E-state index in [1.54, 1.807) is 43.0 Å². The highest BCUT2D eigenvalue weighted by molar-refractivity contribution is 5.95. The van der Waals surface area contributed by atoms with Crippen LogP contribution in [-0.2, 0) is 6.54 Å². The number of Topliss-reactive ketones (excluding diaryl/α,β-unsaturated/α-hetero) is 1. The second kappa shape index (κ2) is 7.94. The average Bonchev–Trinajstić information content (AvgIpc) is 2.54. The van der Waals surface area contributed by atoms with Crippen LogP contribution in [0.1, 0.15) is 36.7 Å². The minimum absolute atomic E-state index is 0.0226. The Labute approximate surface area is 148 Å². The van der Waals surface area contributed by atoms with Gasteiger partial charge in [0.05, 0.1) is 12.1 Å². The van der Waals surface area contributed by atoms with Gasteiger partial charge in [-0.25, -0.2) is 4.79 Å². The Morgan fingerprint density at radius 2 is 1.64 bits per heavy atom. The van der Waals surface area contributed by atoms with Crippen LogP contribution in [0.5, 0.6) is 0 Å². The van der Waals surface area contributed by atoms with Crippen LogP contribution in [0.4, 0.5) is 10.5 Å². The molecule has 0 aliphatic heterocycles. The van der Waals surface area contributed by atoms with Gasteiger partial charge in [0.2, 0.25) is 0 Å². The van der Waals surface area contributed by atoms with Crippen LogP contribution in [0.2, 0.25) is 0 Å². The van der Waals surface area contributed by atoms with Crippen molar-refractivity contribution in [2.45, 2.75) is 32.9 Å². The molecule has 0 unspecified atom stereocenters. The molecule has 0 atom stereocenters. The molecule has 5 heteroatoms. The fraction of sp³-hybridized carbons (Fsp3) is 0.300. The van der Waals surface area contributed by atoms with Crippen molar-refractivity contribution >= 4 is 17.5 Å². The summed E-state index contributed by atoms with van der Waals surface area (Å²) in [5.74, 6) is -0.0226. The van der Waals surface area contributed by atoms with Gasteiger partial charge in [-0.15, -0.1) is 0 Å². The second-order valence-corrected chi connectivity index (χ2v) is 6.72. The first-order valence-electron chi connectivity index (χ1n) is 8.18. The number of anilines is 1. The summed E-state index contributed by atoms with van der Waals surface area (Å²) >= 11 is 0. The van der Waals surface area contributed by atoms with Gasteiger partial charge in [0.15, 0.2) is 5.78 Å². The molecule has 0 aromatic heterocycles. The van der Waals surface area contributed by atoms with E-state index in [0.29, 0.717) is 17.8 Å². The van der Waals surface area contributed by atoms with E-state index in [1.807, 2.05) is 30.3 Å². The number of hydrogen-bond acceptors (Lipinski definition) is 3. The summed E-state index contributed by atoms with van der Waals surface area (Å²) in [6, 6.07) is 16.1. The first kappa shape index (κ1) is 18.7. The minimum Gasteiger partial charge on any atom is -0.389 e. The maximum absolute atomic E-state index is 12.7. The molecule has 25 heavy (non-hydrogen) atoms. The van der Waals surface area contributed by atoms with Crippen molar-refractivity contribution in [3.8, 4) is 0 Å². The molecule has 0 spiro atoms. The molecule has 5 nitrogen and oxygen atoms in total. The van der Waals surface area contributed by atoms with E-state index in [1.165, 1.54) is 6.92 Å². The van der Waals surface area contributed by atoms with Gasteiger partial charge in [0.25, 0.3) is 0 Å². The van der Waals surface area contributed by atoms with E-state index < -0.39 is 5.60 Å². The van der Waals surface area contributed by atoms with Crippen LogP contribution in [0, 0.1) is 0 Å². The molecule has 2 rings (SSSR count). The number of nitrogens with zero attached hydrogens (tertiary/aromatic N) is 1. The normalized spacial score (nSPS) is 11.0. The van der Waals surface area contributed by atoms with Crippen LogP contribution in [-0.4, -0.2) is 34.0 Å². The summed E-state index contributed by atoms with van der Waals surface area (Å²) in [5.41, 5.74) is 1.17. The lowest BCUT2D eigenvalue weighted by atomic mass is 10.1. The number of urea groups is 1. The van der Waals surface area contributed by atoms with E-state index in [2.05, 4.69) is 5.32 Å². The Balaban J connectivity index is 2.12. The highest BCUT2D eigenvalue weighted by atomic mass is 16.3. The smallest absolute Gasteiger partial charge is 0.322 e. The third-order valence-electron chi connectivity index (χ3n) is 3.62. The highest BCUT2D eigenvalue weighted by Crippen LogP contribution is 2.15. The number of ketones is 1.